The van der Waals surface area contributed by atoms with Gasteiger partial charge in [-0.25, -0.2) is 17.9 Å². The maximum atomic E-state index is 13.3. The second-order valence-electron chi connectivity index (χ2n) is 4.87. The van der Waals surface area contributed by atoms with Crippen LogP contribution in [0.1, 0.15) is 13.8 Å². The molecule has 0 atom stereocenters. The van der Waals surface area contributed by atoms with Gasteiger partial charge in [0.25, 0.3) is 15.2 Å². The van der Waals surface area contributed by atoms with Crippen molar-refractivity contribution in [2.24, 2.45) is 11.1 Å². The van der Waals surface area contributed by atoms with E-state index >= 15 is 0 Å². The number of nitrogens with zero attached hydrogens (tertiary/aromatic N) is 3. The summed E-state index contributed by atoms with van der Waals surface area (Å²) in [6, 6.07) is 5.73. The van der Waals surface area contributed by atoms with Gasteiger partial charge in [-0.15, -0.1) is 10.2 Å². The molecule has 0 aliphatic carbocycles. The van der Waals surface area contributed by atoms with E-state index in [1.165, 1.54) is 22.8 Å². The molecule has 0 aliphatic rings. The molecule has 1 heterocycles. The molecule has 0 radical (unpaired) electrons. The van der Waals surface area contributed by atoms with Crippen molar-refractivity contribution < 1.29 is 12.8 Å². The van der Waals surface area contributed by atoms with Gasteiger partial charge in [0.1, 0.15) is 5.82 Å². The third kappa shape index (κ3) is 3.02. The molecule has 0 unspecified atom stereocenters. The van der Waals surface area contributed by atoms with Gasteiger partial charge >= 0.3 is 0 Å². The number of benzene rings is 1. The van der Waals surface area contributed by atoms with E-state index in [4.69, 9.17) is 5.14 Å². The summed E-state index contributed by atoms with van der Waals surface area (Å²) in [7, 11) is -3.98. The molecule has 2 N–H and O–H groups in total. The largest absolute Gasteiger partial charge is 0.296 e. The van der Waals surface area contributed by atoms with Gasteiger partial charge in [0, 0.05) is 12.1 Å². The minimum atomic E-state index is -3.98. The number of hydrogen-bond acceptors (Lipinski definition) is 4. The Kier molecular flexibility index (Phi) is 3.87. The van der Waals surface area contributed by atoms with Gasteiger partial charge in [0.2, 0.25) is 0 Å². The van der Waals surface area contributed by atoms with Crippen LogP contribution in [0, 0.1) is 11.7 Å². The number of hydrogen-bond donors (Lipinski definition) is 1. The molecule has 2 aromatic rings. The van der Waals surface area contributed by atoms with Crippen LogP contribution < -0.4 is 5.14 Å². The van der Waals surface area contributed by atoms with E-state index in [1.54, 1.807) is 6.07 Å². The van der Waals surface area contributed by atoms with Crippen molar-refractivity contribution in [2.45, 2.75) is 25.5 Å². The molecule has 0 aliphatic heterocycles. The molecule has 1 aromatic heterocycles. The minimum absolute atomic E-state index is 0.152. The second-order valence-corrected chi connectivity index (χ2v) is 6.32. The summed E-state index contributed by atoms with van der Waals surface area (Å²) in [6.45, 7) is 4.20. The van der Waals surface area contributed by atoms with Crippen LogP contribution >= 0.6 is 0 Å². The first-order valence-electron chi connectivity index (χ1n) is 6.01. The highest BCUT2D eigenvalue weighted by atomic mass is 32.2. The Morgan fingerprint density at radius 3 is 2.60 bits per heavy atom. The summed E-state index contributed by atoms with van der Waals surface area (Å²) >= 11 is 0. The summed E-state index contributed by atoms with van der Waals surface area (Å²) in [5.74, 6) is -0.000197. The Morgan fingerprint density at radius 2 is 2.05 bits per heavy atom. The molecule has 0 saturated heterocycles. The van der Waals surface area contributed by atoms with E-state index in [0.717, 1.165) is 0 Å². The quantitative estimate of drug-likeness (QED) is 0.923. The summed E-state index contributed by atoms with van der Waals surface area (Å²) in [5.41, 5.74) is 0.452. The monoisotopic (exact) mass is 298 g/mol. The van der Waals surface area contributed by atoms with Crippen LogP contribution in [-0.2, 0) is 16.6 Å². The van der Waals surface area contributed by atoms with Crippen LogP contribution in [0.15, 0.2) is 29.4 Å². The van der Waals surface area contributed by atoms with Crippen molar-refractivity contribution in [3.05, 3.63) is 30.1 Å². The first-order valence-corrected chi connectivity index (χ1v) is 7.55. The highest BCUT2D eigenvalue weighted by molar-refractivity contribution is 7.89. The van der Waals surface area contributed by atoms with Crippen molar-refractivity contribution in [1.29, 1.82) is 0 Å². The van der Waals surface area contributed by atoms with Gasteiger partial charge < -0.3 is 0 Å². The van der Waals surface area contributed by atoms with Crippen molar-refractivity contribution in [3.8, 4) is 11.4 Å². The second kappa shape index (κ2) is 5.29. The Labute approximate surface area is 116 Å². The summed E-state index contributed by atoms with van der Waals surface area (Å²) in [5, 5.41) is 12.3. The smallest absolute Gasteiger partial charge is 0.273 e. The van der Waals surface area contributed by atoms with E-state index in [1.807, 2.05) is 13.8 Å². The molecule has 6 nitrogen and oxygen atoms in total. The Morgan fingerprint density at radius 1 is 1.35 bits per heavy atom. The molecule has 108 valence electrons. The highest BCUT2D eigenvalue weighted by Gasteiger charge is 2.22. The number of sulfonamides is 1. The molecular formula is C12H15FN4O2S. The van der Waals surface area contributed by atoms with Gasteiger partial charge in [-0.05, 0) is 18.1 Å². The molecular weight excluding hydrogens is 283 g/mol. The standard InChI is InChI=1S/C12H15FN4O2S/c1-8(2)7-17-11(9-4-3-5-10(13)6-9)15-16-12(17)20(14,18)19/h3-6,8H,7H2,1-2H3,(H2,14,18,19). The van der Waals surface area contributed by atoms with Crippen LogP contribution in [0.5, 0.6) is 0 Å². The van der Waals surface area contributed by atoms with Crippen LogP contribution in [0.25, 0.3) is 11.4 Å². The number of rotatable bonds is 4. The Bertz CT molecular complexity index is 725. The number of halogens is 1. The van der Waals surface area contributed by atoms with Crippen LogP contribution in [-0.4, -0.2) is 23.2 Å². The lowest BCUT2D eigenvalue weighted by atomic mass is 10.2. The zero-order valence-corrected chi connectivity index (χ0v) is 11.9. The SMILES string of the molecule is CC(C)Cn1c(-c2cccc(F)c2)nnc1S(N)(=O)=O. The summed E-state index contributed by atoms with van der Waals surface area (Å²) in [6.07, 6.45) is 0. The van der Waals surface area contributed by atoms with Crippen LogP contribution in [0.3, 0.4) is 0 Å². The number of primary sulfonamides is 1. The Balaban J connectivity index is 2.62. The van der Waals surface area contributed by atoms with Crippen molar-refractivity contribution in [2.75, 3.05) is 0 Å². The third-order valence-electron chi connectivity index (χ3n) is 2.60. The number of nitrogens with two attached hydrogens (primary N) is 1. The fourth-order valence-corrected chi connectivity index (χ4v) is 2.49. The van der Waals surface area contributed by atoms with E-state index < -0.39 is 15.8 Å². The van der Waals surface area contributed by atoms with E-state index in [2.05, 4.69) is 10.2 Å². The predicted molar refractivity (Wildman–Crippen MR) is 71.6 cm³/mol. The molecule has 8 heteroatoms. The first-order chi connectivity index (χ1) is 9.29. The molecule has 0 fully saturated rings. The molecule has 2 rings (SSSR count). The minimum Gasteiger partial charge on any atom is -0.296 e. The zero-order valence-electron chi connectivity index (χ0n) is 11.1. The lowest BCUT2D eigenvalue weighted by Crippen LogP contribution is -2.20. The van der Waals surface area contributed by atoms with E-state index in [-0.39, 0.29) is 16.9 Å². The average Bonchev–Trinajstić information content (AvgIpc) is 2.71. The summed E-state index contributed by atoms with van der Waals surface area (Å²) in [4.78, 5) is 0. The molecule has 20 heavy (non-hydrogen) atoms. The van der Waals surface area contributed by atoms with Gasteiger partial charge in [0.05, 0.1) is 0 Å². The number of aromatic nitrogens is 3. The lowest BCUT2D eigenvalue weighted by Gasteiger charge is -2.11. The fraction of sp³-hybridized carbons (Fsp3) is 0.333. The van der Waals surface area contributed by atoms with Gasteiger partial charge in [-0.3, -0.25) is 4.57 Å². The van der Waals surface area contributed by atoms with E-state index in [9.17, 15) is 12.8 Å². The predicted octanol–water partition coefficient (Wildman–Crippen LogP) is 1.39. The first kappa shape index (κ1) is 14.6. The van der Waals surface area contributed by atoms with E-state index in [0.29, 0.717) is 12.1 Å². The fourth-order valence-electron chi connectivity index (χ4n) is 1.87. The Hall–Kier alpha value is -1.80. The van der Waals surface area contributed by atoms with Crippen molar-refractivity contribution >= 4 is 10.0 Å². The topological polar surface area (TPSA) is 90.9 Å². The molecule has 0 bridgehead atoms. The maximum absolute atomic E-state index is 13.3. The van der Waals surface area contributed by atoms with Gasteiger partial charge in [-0.1, -0.05) is 26.0 Å². The van der Waals surface area contributed by atoms with Gasteiger partial charge in [-0.2, -0.15) is 0 Å². The average molecular weight is 298 g/mol. The highest BCUT2D eigenvalue weighted by Crippen LogP contribution is 2.22. The maximum Gasteiger partial charge on any atom is 0.273 e. The van der Waals surface area contributed by atoms with Crippen molar-refractivity contribution in [3.63, 3.8) is 0 Å². The summed E-state index contributed by atoms with van der Waals surface area (Å²) < 4.78 is 37.7. The van der Waals surface area contributed by atoms with Crippen LogP contribution in [0.4, 0.5) is 4.39 Å². The molecule has 0 amide bonds. The molecule has 0 saturated carbocycles. The molecule has 0 spiro atoms. The molecule has 1 aromatic carbocycles. The third-order valence-corrected chi connectivity index (χ3v) is 3.41. The zero-order chi connectivity index (χ0) is 14.9. The lowest BCUT2D eigenvalue weighted by molar-refractivity contribution is 0.486. The normalized spacial score (nSPS) is 12.1. The van der Waals surface area contributed by atoms with Crippen LogP contribution in [0.2, 0.25) is 0 Å². The van der Waals surface area contributed by atoms with Gasteiger partial charge in [0.15, 0.2) is 5.82 Å². The van der Waals surface area contributed by atoms with Crippen molar-refractivity contribution in [1.82, 2.24) is 14.8 Å².